The number of pyridine rings is 2. The highest BCUT2D eigenvalue weighted by molar-refractivity contribution is 5.81. The monoisotopic (exact) mass is 472 g/mol. The maximum atomic E-state index is 12.9. The van der Waals surface area contributed by atoms with Crippen LogP contribution in [0.5, 0.6) is 0 Å². The molecule has 35 heavy (non-hydrogen) atoms. The van der Waals surface area contributed by atoms with Crippen LogP contribution in [-0.2, 0) is 0 Å². The Labute approximate surface area is 207 Å². The van der Waals surface area contributed by atoms with Crippen LogP contribution in [0.1, 0.15) is 57.4 Å². The summed E-state index contributed by atoms with van der Waals surface area (Å²) >= 11 is 0. The lowest BCUT2D eigenvalue weighted by atomic mass is 9.92. The summed E-state index contributed by atoms with van der Waals surface area (Å²) in [5.74, 6) is 2.95. The molecule has 2 aliphatic carbocycles. The Bertz CT molecular complexity index is 1230. The van der Waals surface area contributed by atoms with E-state index < -0.39 is 0 Å². The molecule has 6 heteroatoms. The highest BCUT2D eigenvalue weighted by Crippen LogP contribution is 2.50. The molecule has 2 saturated carbocycles. The van der Waals surface area contributed by atoms with E-state index in [-0.39, 0.29) is 5.56 Å². The molecule has 0 spiro atoms. The third-order valence-electron chi connectivity index (χ3n) is 8.74. The lowest BCUT2D eigenvalue weighted by molar-refractivity contribution is 0.261. The fourth-order valence-electron chi connectivity index (χ4n) is 6.85. The third-order valence-corrected chi connectivity index (χ3v) is 8.74. The quantitative estimate of drug-likeness (QED) is 0.476. The zero-order valence-electron chi connectivity index (χ0n) is 20.4. The van der Waals surface area contributed by atoms with Gasteiger partial charge in [-0.25, -0.2) is 4.98 Å². The predicted molar refractivity (Wildman–Crippen MR) is 141 cm³/mol. The number of aliphatic hydroxyl groups excluding tert-OH is 1. The van der Waals surface area contributed by atoms with E-state index in [4.69, 9.17) is 5.11 Å². The summed E-state index contributed by atoms with van der Waals surface area (Å²) in [5.41, 5.74) is 3.36. The van der Waals surface area contributed by atoms with Gasteiger partial charge in [0.05, 0.1) is 5.52 Å². The smallest absolute Gasteiger partial charge is 0.251 e. The van der Waals surface area contributed by atoms with Gasteiger partial charge in [0.1, 0.15) is 5.82 Å². The van der Waals surface area contributed by atoms with Gasteiger partial charge in [0.2, 0.25) is 0 Å². The number of nitrogens with zero attached hydrogens (tertiary/aromatic N) is 3. The fraction of sp³-hybridized carbons (Fsp3) is 0.517. The van der Waals surface area contributed by atoms with Gasteiger partial charge in [-0.15, -0.1) is 0 Å². The summed E-state index contributed by atoms with van der Waals surface area (Å²) in [6, 6.07) is 14.6. The first-order chi connectivity index (χ1) is 17.2. The predicted octanol–water partition coefficient (Wildman–Crippen LogP) is 5.49. The molecule has 0 radical (unpaired) electrons. The summed E-state index contributed by atoms with van der Waals surface area (Å²) in [5, 5.41) is 13.6. The first kappa shape index (κ1) is 22.6. The molecule has 3 fully saturated rings. The van der Waals surface area contributed by atoms with Gasteiger partial charge in [-0.2, -0.15) is 0 Å². The van der Waals surface area contributed by atoms with Crippen LogP contribution in [0, 0.1) is 17.8 Å². The van der Waals surface area contributed by atoms with Crippen molar-refractivity contribution in [2.24, 2.45) is 17.8 Å². The van der Waals surface area contributed by atoms with Crippen molar-refractivity contribution in [1.82, 2.24) is 9.55 Å². The highest BCUT2D eigenvalue weighted by Gasteiger charge is 2.41. The molecular formula is C29H36N4O2. The zero-order valence-corrected chi connectivity index (χ0v) is 20.4. The van der Waals surface area contributed by atoms with E-state index in [0.29, 0.717) is 18.6 Å². The minimum atomic E-state index is 0.108. The molecular weight excluding hydrogens is 436 g/mol. The van der Waals surface area contributed by atoms with Gasteiger partial charge in [-0.05, 0) is 93.0 Å². The van der Waals surface area contributed by atoms with Crippen molar-refractivity contribution < 1.29 is 5.11 Å². The lowest BCUT2D eigenvalue weighted by Gasteiger charge is -2.33. The van der Waals surface area contributed by atoms with Gasteiger partial charge in [0.25, 0.3) is 5.56 Å². The molecule has 1 aliphatic heterocycles. The van der Waals surface area contributed by atoms with Crippen molar-refractivity contribution in [3.05, 3.63) is 59.0 Å². The van der Waals surface area contributed by atoms with Gasteiger partial charge in [0, 0.05) is 60.8 Å². The van der Waals surface area contributed by atoms with Crippen LogP contribution >= 0.6 is 0 Å². The van der Waals surface area contributed by atoms with Gasteiger partial charge in [0.15, 0.2) is 0 Å². The summed E-state index contributed by atoms with van der Waals surface area (Å²) in [7, 11) is 0. The lowest BCUT2D eigenvalue weighted by Crippen LogP contribution is -2.33. The number of benzene rings is 1. The number of aliphatic hydroxyl groups is 1. The molecule has 3 atom stereocenters. The molecule has 1 saturated heterocycles. The van der Waals surface area contributed by atoms with Crippen molar-refractivity contribution in [3.8, 4) is 0 Å². The number of hydrogen-bond donors (Lipinski definition) is 2. The van der Waals surface area contributed by atoms with Gasteiger partial charge >= 0.3 is 0 Å². The summed E-state index contributed by atoms with van der Waals surface area (Å²) in [6.45, 7) is 2.46. The third kappa shape index (κ3) is 4.56. The highest BCUT2D eigenvalue weighted by atomic mass is 16.2. The van der Waals surface area contributed by atoms with Crippen LogP contribution in [0.4, 0.5) is 17.2 Å². The second-order valence-corrected chi connectivity index (χ2v) is 10.9. The van der Waals surface area contributed by atoms with Crippen molar-refractivity contribution in [2.75, 3.05) is 29.9 Å². The molecule has 3 aromatic rings. The number of fused-ring (bicyclic) bond motifs is 3. The van der Waals surface area contributed by atoms with Crippen LogP contribution < -0.4 is 15.8 Å². The van der Waals surface area contributed by atoms with E-state index in [1.54, 1.807) is 6.07 Å². The second-order valence-electron chi connectivity index (χ2n) is 10.9. The number of aromatic nitrogens is 2. The fourth-order valence-corrected chi connectivity index (χ4v) is 6.85. The van der Waals surface area contributed by atoms with Gasteiger partial charge < -0.3 is 19.9 Å². The van der Waals surface area contributed by atoms with Gasteiger partial charge in [-0.1, -0.05) is 6.42 Å². The molecule has 6 nitrogen and oxygen atoms in total. The maximum Gasteiger partial charge on any atom is 0.251 e. The minimum Gasteiger partial charge on any atom is -0.396 e. The Morgan fingerprint density at radius 2 is 1.83 bits per heavy atom. The van der Waals surface area contributed by atoms with Crippen LogP contribution in [0.2, 0.25) is 0 Å². The van der Waals surface area contributed by atoms with E-state index >= 15 is 0 Å². The number of rotatable bonds is 7. The van der Waals surface area contributed by atoms with Crippen LogP contribution in [0.3, 0.4) is 0 Å². The molecule has 6 rings (SSSR count). The Morgan fingerprint density at radius 3 is 2.54 bits per heavy atom. The van der Waals surface area contributed by atoms with E-state index in [9.17, 15) is 4.79 Å². The topological polar surface area (TPSA) is 70.4 Å². The first-order valence-electron chi connectivity index (χ1n) is 13.4. The Balaban J connectivity index is 1.17. The minimum absolute atomic E-state index is 0.108. The summed E-state index contributed by atoms with van der Waals surface area (Å²) in [6.07, 6.45) is 11.3. The molecule has 2 N–H and O–H groups in total. The van der Waals surface area contributed by atoms with Crippen LogP contribution in [0.25, 0.3) is 10.9 Å². The normalized spacial score (nSPS) is 24.4. The molecule has 3 heterocycles. The molecule has 0 amide bonds. The molecule has 1 aromatic carbocycles. The van der Waals surface area contributed by atoms with Crippen molar-refractivity contribution >= 4 is 28.1 Å². The van der Waals surface area contributed by atoms with E-state index in [2.05, 4.69) is 44.0 Å². The number of anilines is 3. The molecule has 3 unspecified atom stereocenters. The number of hydrogen-bond acceptors (Lipinski definition) is 5. The van der Waals surface area contributed by atoms with E-state index in [0.717, 1.165) is 66.6 Å². The summed E-state index contributed by atoms with van der Waals surface area (Å²) in [4.78, 5) is 20.0. The van der Waals surface area contributed by atoms with Gasteiger partial charge in [-0.3, -0.25) is 4.79 Å². The summed E-state index contributed by atoms with van der Waals surface area (Å²) < 4.78 is 2.05. The average Bonchev–Trinajstić information content (AvgIpc) is 3.52. The van der Waals surface area contributed by atoms with Crippen molar-refractivity contribution in [3.63, 3.8) is 0 Å². The van der Waals surface area contributed by atoms with Crippen LogP contribution in [0.15, 0.2) is 53.5 Å². The SMILES string of the molecule is O=c1ccc2cnc(Nc3ccc(N4CCC(CCCO)CC4)cc3)cc2n1C1CC2CCC1C2. The Morgan fingerprint density at radius 1 is 1.00 bits per heavy atom. The second kappa shape index (κ2) is 9.65. The molecule has 184 valence electrons. The van der Waals surface area contributed by atoms with E-state index in [1.807, 2.05) is 18.3 Å². The van der Waals surface area contributed by atoms with Crippen molar-refractivity contribution in [1.29, 1.82) is 0 Å². The Kier molecular flexibility index (Phi) is 6.23. The largest absolute Gasteiger partial charge is 0.396 e. The molecule has 3 aliphatic rings. The number of piperidine rings is 1. The Hall–Kier alpha value is -2.86. The molecule has 2 aromatic heterocycles. The number of nitrogens with one attached hydrogen (secondary N) is 1. The van der Waals surface area contributed by atoms with E-state index in [1.165, 1.54) is 37.8 Å². The first-order valence-corrected chi connectivity index (χ1v) is 13.4. The maximum absolute atomic E-state index is 12.9. The standard InChI is InChI=1S/C29H36N4O2/c34-15-1-2-20-11-13-32(14-12-20)25-8-6-24(7-9-25)31-28-18-27-23(19-30-28)5-10-29(35)33(27)26-17-21-3-4-22(26)16-21/h5-10,18-22,26,34H,1-4,11-17H2,(H,30,31). The zero-order chi connectivity index (χ0) is 23.8. The molecule has 2 bridgehead atoms. The average molecular weight is 473 g/mol. The van der Waals surface area contributed by atoms with Crippen LogP contribution in [-0.4, -0.2) is 34.4 Å². The van der Waals surface area contributed by atoms with Crippen molar-refractivity contribution in [2.45, 2.75) is 57.4 Å².